The van der Waals surface area contributed by atoms with E-state index in [1.165, 1.54) is 0 Å². The molecule has 1 aromatic carbocycles. The molecule has 2 fully saturated rings. The Kier molecular flexibility index (Phi) is 5.71. The number of rotatable bonds is 6. The Morgan fingerprint density at radius 1 is 1.33 bits per heavy atom. The molecule has 0 spiro atoms. The fourth-order valence-corrected chi connectivity index (χ4v) is 3.81. The molecule has 2 unspecified atom stereocenters. The Labute approximate surface area is 142 Å². The third-order valence-corrected chi connectivity index (χ3v) is 4.89. The average molecular weight is 334 g/mol. The molecule has 132 valence electrons. The van der Waals surface area contributed by atoms with Gasteiger partial charge < -0.3 is 15.2 Å². The Morgan fingerprint density at radius 3 is 2.75 bits per heavy atom. The second-order valence-corrected chi connectivity index (χ2v) is 6.37. The van der Waals surface area contributed by atoms with Crippen molar-refractivity contribution in [2.75, 3.05) is 26.2 Å². The van der Waals surface area contributed by atoms with E-state index in [1.54, 1.807) is 0 Å². The summed E-state index contributed by atoms with van der Waals surface area (Å²) in [5.74, 6) is -0.378. The molecule has 2 heterocycles. The van der Waals surface area contributed by atoms with Gasteiger partial charge in [0.15, 0.2) is 0 Å². The van der Waals surface area contributed by atoms with Crippen molar-refractivity contribution in [3.8, 4) is 5.75 Å². The molecule has 3 N–H and O–H groups in total. The van der Waals surface area contributed by atoms with E-state index in [9.17, 15) is 9.90 Å². The van der Waals surface area contributed by atoms with Crippen LogP contribution in [-0.2, 0) is 9.63 Å². The minimum Gasteiger partial charge on any atom is -0.494 e. The molecule has 0 aliphatic carbocycles. The minimum atomic E-state index is -0.840. The number of ether oxygens (including phenoxy) is 1. The fourth-order valence-electron chi connectivity index (χ4n) is 3.81. The predicted molar refractivity (Wildman–Crippen MR) is 90.3 cm³/mol. The third kappa shape index (κ3) is 3.55. The van der Waals surface area contributed by atoms with E-state index in [4.69, 9.17) is 9.57 Å². The van der Waals surface area contributed by atoms with Crippen LogP contribution in [0.4, 0.5) is 0 Å². The maximum atomic E-state index is 12.0. The van der Waals surface area contributed by atoms with Gasteiger partial charge in [-0.1, -0.05) is 12.1 Å². The maximum Gasteiger partial charge on any atom is 0.313 e. The van der Waals surface area contributed by atoms with Gasteiger partial charge in [-0.15, -0.1) is 0 Å². The third-order valence-electron chi connectivity index (χ3n) is 4.89. The molecule has 0 saturated carbocycles. The predicted octanol–water partition coefficient (Wildman–Crippen LogP) is 2.01. The number of hydroxylamine groups is 1. The van der Waals surface area contributed by atoms with E-state index < -0.39 is 11.9 Å². The summed E-state index contributed by atoms with van der Waals surface area (Å²) in [7, 11) is 0. The van der Waals surface area contributed by atoms with E-state index >= 15 is 0 Å². The molecule has 1 aromatic rings. The standard InChI is InChI=1S/C18H26N2O4/c1-2-23-14-5-3-4-13(16(14)12-6-9-19-10-7-12)17(18(21)22)15-8-11-20-24-15/h3-5,12,15,17,19-20H,2,6-11H2,1H3,(H,21,22). The average Bonchev–Trinajstić information content (AvgIpc) is 3.10. The molecule has 2 aliphatic heterocycles. The highest BCUT2D eigenvalue weighted by Gasteiger charge is 2.37. The SMILES string of the molecule is CCOc1cccc(C(C(=O)O)C2CCNO2)c1C1CCNCC1. The van der Waals surface area contributed by atoms with Gasteiger partial charge in [0.05, 0.1) is 12.7 Å². The van der Waals surface area contributed by atoms with Crippen LogP contribution in [0.3, 0.4) is 0 Å². The van der Waals surface area contributed by atoms with Gasteiger partial charge in [0.1, 0.15) is 11.7 Å². The van der Waals surface area contributed by atoms with Crippen molar-refractivity contribution >= 4 is 5.97 Å². The van der Waals surface area contributed by atoms with E-state index in [1.807, 2.05) is 25.1 Å². The van der Waals surface area contributed by atoms with Gasteiger partial charge in [0.25, 0.3) is 0 Å². The quantitative estimate of drug-likeness (QED) is 0.738. The summed E-state index contributed by atoms with van der Waals surface area (Å²) in [6.45, 7) is 5.11. The Morgan fingerprint density at radius 2 is 2.12 bits per heavy atom. The number of aliphatic carboxylic acids is 1. The Balaban J connectivity index is 2.03. The van der Waals surface area contributed by atoms with Crippen molar-refractivity contribution in [3.63, 3.8) is 0 Å². The lowest BCUT2D eigenvalue weighted by molar-refractivity contribution is -0.143. The number of piperidine rings is 1. The smallest absolute Gasteiger partial charge is 0.313 e. The zero-order valence-electron chi connectivity index (χ0n) is 14.1. The minimum absolute atomic E-state index is 0.320. The number of nitrogens with one attached hydrogen (secondary N) is 2. The molecule has 24 heavy (non-hydrogen) atoms. The molecule has 2 saturated heterocycles. The number of hydrogen-bond acceptors (Lipinski definition) is 5. The first-order chi connectivity index (χ1) is 11.7. The van der Waals surface area contributed by atoms with Crippen molar-refractivity contribution in [3.05, 3.63) is 29.3 Å². The Bertz CT molecular complexity index is 566. The molecule has 6 nitrogen and oxygen atoms in total. The van der Waals surface area contributed by atoms with Crippen molar-refractivity contribution in [2.24, 2.45) is 0 Å². The summed E-state index contributed by atoms with van der Waals surface area (Å²) in [6, 6.07) is 5.78. The van der Waals surface area contributed by atoms with Crippen LogP contribution in [0.1, 0.15) is 49.1 Å². The van der Waals surface area contributed by atoms with Gasteiger partial charge in [-0.05, 0) is 56.8 Å². The number of hydrogen-bond donors (Lipinski definition) is 3. The first-order valence-corrected chi connectivity index (χ1v) is 8.80. The van der Waals surface area contributed by atoms with Crippen LogP contribution in [0.25, 0.3) is 0 Å². The van der Waals surface area contributed by atoms with E-state index in [2.05, 4.69) is 10.8 Å². The van der Waals surface area contributed by atoms with Gasteiger partial charge in [-0.2, -0.15) is 0 Å². The molecule has 6 heteroatoms. The lowest BCUT2D eigenvalue weighted by Crippen LogP contribution is -2.31. The number of carbonyl (C=O) groups is 1. The molecular weight excluding hydrogens is 308 g/mol. The molecular formula is C18H26N2O4. The fraction of sp³-hybridized carbons (Fsp3) is 0.611. The zero-order valence-corrected chi connectivity index (χ0v) is 14.1. The van der Waals surface area contributed by atoms with Gasteiger partial charge in [-0.3, -0.25) is 9.63 Å². The molecule has 0 amide bonds. The van der Waals surface area contributed by atoms with Crippen LogP contribution >= 0.6 is 0 Å². The van der Waals surface area contributed by atoms with Crippen molar-refractivity contribution in [2.45, 2.75) is 44.1 Å². The summed E-state index contributed by atoms with van der Waals surface area (Å²) >= 11 is 0. The topological polar surface area (TPSA) is 79.8 Å². The first-order valence-electron chi connectivity index (χ1n) is 8.80. The number of benzene rings is 1. The highest BCUT2D eigenvalue weighted by atomic mass is 16.7. The summed E-state index contributed by atoms with van der Waals surface area (Å²) in [6.07, 6.45) is 2.34. The first kappa shape index (κ1) is 17.2. The van der Waals surface area contributed by atoms with Crippen LogP contribution in [-0.4, -0.2) is 43.4 Å². The number of carboxylic acids is 1. The zero-order chi connectivity index (χ0) is 16.9. The van der Waals surface area contributed by atoms with Crippen LogP contribution < -0.4 is 15.5 Å². The molecule has 3 rings (SSSR count). The van der Waals surface area contributed by atoms with E-state index in [0.717, 1.165) is 42.8 Å². The normalized spacial score (nSPS) is 23.1. The molecule has 0 bridgehead atoms. The van der Waals surface area contributed by atoms with Crippen LogP contribution in [0.5, 0.6) is 5.75 Å². The summed E-state index contributed by atoms with van der Waals surface area (Å²) in [5, 5.41) is 13.2. The largest absolute Gasteiger partial charge is 0.494 e. The highest BCUT2D eigenvalue weighted by molar-refractivity contribution is 5.78. The van der Waals surface area contributed by atoms with E-state index in [-0.39, 0.29) is 6.10 Å². The number of carboxylic acid groups (broad SMARTS) is 1. The van der Waals surface area contributed by atoms with Gasteiger partial charge in [-0.25, -0.2) is 5.48 Å². The maximum absolute atomic E-state index is 12.0. The van der Waals surface area contributed by atoms with E-state index in [0.29, 0.717) is 25.5 Å². The van der Waals surface area contributed by atoms with Gasteiger partial charge >= 0.3 is 5.97 Å². The summed E-state index contributed by atoms with van der Waals surface area (Å²) in [5.41, 5.74) is 4.71. The molecule has 0 radical (unpaired) electrons. The van der Waals surface area contributed by atoms with Gasteiger partial charge in [0, 0.05) is 12.1 Å². The van der Waals surface area contributed by atoms with Crippen LogP contribution in [0.2, 0.25) is 0 Å². The molecule has 2 aliphatic rings. The second-order valence-electron chi connectivity index (χ2n) is 6.37. The monoisotopic (exact) mass is 334 g/mol. The molecule has 0 aromatic heterocycles. The van der Waals surface area contributed by atoms with Crippen LogP contribution in [0, 0.1) is 0 Å². The van der Waals surface area contributed by atoms with Crippen molar-refractivity contribution < 1.29 is 19.5 Å². The lowest BCUT2D eigenvalue weighted by atomic mass is 9.80. The summed E-state index contributed by atoms with van der Waals surface area (Å²) < 4.78 is 5.85. The van der Waals surface area contributed by atoms with Gasteiger partial charge in [0.2, 0.25) is 0 Å². The summed E-state index contributed by atoms with van der Waals surface area (Å²) in [4.78, 5) is 17.5. The molecule has 2 atom stereocenters. The Hall–Kier alpha value is -1.63. The van der Waals surface area contributed by atoms with Crippen LogP contribution in [0.15, 0.2) is 18.2 Å². The van der Waals surface area contributed by atoms with Crippen molar-refractivity contribution in [1.29, 1.82) is 0 Å². The highest BCUT2D eigenvalue weighted by Crippen LogP contribution is 2.40. The second kappa shape index (κ2) is 7.96. The van der Waals surface area contributed by atoms with Crippen molar-refractivity contribution in [1.82, 2.24) is 10.8 Å². The lowest BCUT2D eigenvalue weighted by Gasteiger charge is -2.30.